The van der Waals surface area contributed by atoms with Crippen LogP contribution in [0.4, 0.5) is 5.82 Å². The quantitative estimate of drug-likeness (QED) is 0.347. The Morgan fingerprint density at radius 1 is 0.757 bits per heavy atom. The van der Waals surface area contributed by atoms with Gasteiger partial charge in [-0.3, -0.25) is 9.59 Å². The highest BCUT2D eigenvalue weighted by Crippen LogP contribution is 2.22. The zero-order valence-electron chi connectivity index (χ0n) is 21.2. The van der Waals surface area contributed by atoms with Crippen molar-refractivity contribution in [3.63, 3.8) is 0 Å². The Bertz CT molecular complexity index is 1390. The Morgan fingerprint density at radius 3 is 2.05 bits per heavy atom. The highest BCUT2D eigenvalue weighted by molar-refractivity contribution is 6.15. The number of amides is 1. The molecule has 0 bridgehead atoms. The monoisotopic (exact) mass is 490 g/mol. The topological polar surface area (TPSA) is 66.4 Å². The highest BCUT2D eigenvalue weighted by atomic mass is 16.2. The summed E-state index contributed by atoms with van der Waals surface area (Å²) in [7, 11) is 0. The van der Waals surface area contributed by atoms with Crippen molar-refractivity contribution < 1.29 is 9.59 Å². The second-order valence-electron chi connectivity index (χ2n) is 9.35. The van der Waals surface area contributed by atoms with E-state index in [9.17, 15) is 9.59 Å². The lowest BCUT2D eigenvalue weighted by Crippen LogP contribution is -2.49. The Balaban J connectivity index is 1.25. The molecular formula is C31H30N4O2. The first-order valence-electron chi connectivity index (χ1n) is 12.7. The summed E-state index contributed by atoms with van der Waals surface area (Å²) in [5, 5.41) is 8.89. The lowest BCUT2D eigenvalue weighted by atomic mass is 9.97. The summed E-state index contributed by atoms with van der Waals surface area (Å²) in [6.45, 7) is 6.52. The number of piperazine rings is 1. The number of ketones is 1. The molecule has 6 nitrogen and oxygen atoms in total. The zero-order chi connectivity index (χ0) is 25.8. The van der Waals surface area contributed by atoms with Gasteiger partial charge in [-0.15, -0.1) is 10.2 Å². The molecule has 1 aliphatic heterocycles. The van der Waals surface area contributed by atoms with Gasteiger partial charge in [-0.1, -0.05) is 79.2 Å². The van der Waals surface area contributed by atoms with E-state index in [1.165, 1.54) is 5.56 Å². The fourth-order valence-electron chi connectivity index (χ4n) is 4.60. The second kappa shape index (κ2) is 10.7. The van der Waals surface area contributed by atoms with Gasteiger partial charge < -0.3 is 9.80 Å². The number of hydrogen-bond acceptors (Lipinski definition) is 5. The van der Waals surface area contributed by atoms with Gasteiger partial charge in [0.05, 0.1) is 11.3 Å². The first-order valence-corrected chi connectivity index (χ1v) is 12.7. The van der Waals surface area contributed by atoms with Gasteiger partial charge in [-0.25, -0.2) is 0 Å². The Kier molecular flexibility index (Phi) is 7.08. The SMILES string of the molecule is CCc1ccc(-c2ccc(N3CCN(C(=O)c4ccccc4C(=O)c4ccc(C)cc4)CC3)nn2)cc1. The van der Waals surface area contributed by atoms with Crippen LogP contribution in [-0.4, -0.2) is 53.0 Å². The number of benzene rings is 3. The van der Waals surface area contributed by atoms with Crippen LogP contribution in [0.25, 0.3) is 11.3 Å². The third-order valence-corrected chi connectivity index (χ3v) is 6.92. The molecule has 6 heteroatoms. The maximum absolute atomic E-state index is 13.4. The van der Waals surface area contributed by atoms with E-state index in [1.54, 1.807) is 18.2 Å². The van der Waals surface area contributed by atoms with Crippen LogP contribution in [0.1, 0.15) is 44.3 Å². The Labute approximate surface area is 217 Å². The molecule has 1 fully saturated rings. The molecule has 3 aromatic carbocycles. The molecule has 0 N–H and O–H groups in total. The molecule has 0 saturated carbocycles. The van der Waals surface area contributed by atoms with Gasteiger partial charge in [0.15, 0.2) is 11.6 Å². The molecule has 4 aromatic rings. The van der Waals surface area contributed by atoms with Gasteiger partial charge in [-0.05, 0) is 37.1 Å². The van der Waals surface area contributed by atoms with Crippen molar-refractivity contribution >= 4 is 17.5 Å². The lowest BCUT2D eigenvalue weighted by Gasteiger charge is -2.35. The van der Waals surface area contributed by atoms with Crippen LogP contribution in [0.15, 0.2) is 84.9 Å². The molecule has 0 radical (unpaired) electrons. The van der Waals surface area contributed by atoms with E-state index in [1.807, 2.05) is 54.3 Å². The van der Waals surface area contributed by atoms with Crippen molar-refractivity contribution in [1.29, 1.82) is 0 Å². The van der Waals surface area contributed by atoms with E-state index in [4.69, 9.17) is 0 Å². The van der Waals surface area contributed by atoms with Crippen molar-refractivity contribution in [3.8, 4) is 11.3 Å². The van der Waals surface area contributed by atoms with Crippen LogP contribution in [0.3, 0.4) is 0 Å². The number of anilines is 1. The number of rotatable bonds is 6. The number of hydrogen-bond donors (Lipinski definition) is 0. The number of nitrogens with zero attached hydrogens (tertiary/aromatic N) is 4. The van der Waals surface area contributed by atoms with Crippen LogP contribution in [-0.2, 0) is 6.42 Å². The Hall–Kier alpha value is -4.32. The molecule has 0 atom stereocenters. The number of carbonyl (C=O) groups is 2. The normalized spacial score (nSPS) is 13.5. The number of aryl methyl sites for hydroxylation is 2. The number of carbonyl (C=O) groups excluding carboxylic acids is 2. The van der Waals surface area contributed by atoms with E-state index >= 15 is 0 Å². The third kappa shape index (κ3) is 5.28. The molecular weight excluding hydrogens is 460 g/mol. The summed E-state index contributed by atoms with van der Waals surface area (Å²) in [6, 6.07) is 26.9. The van der Waals surface area contributed by atoms with Crippen molar-refractivity contribution in [2.75, 3.05) is 31.1 Å². The molecule has 1 saturated heterocycles. The van der Waals surface area contributed by atoms with Gasteiger partial charge in [-0.2, -0.15) is 0 Å². The van der Waals surface area contributed by atoms with Crippen LogP contribution >= 0.6 is 0 Å². The van der Waals surface area contributed by atoms with Crippen molar-refractivity contribution in [2.24, 2.45) is 0 Å². The molecule has 37 heavy (non-hydrogen) atoms. The van der Waals surface area contributed by atoms with Crippen molar-refractivity contribution in [2.45, 2.75) is 20.3 Å². The minimum Gasteiger partial charge on any atom is -0.352 e. The molecule has 0 unspecified atom stereocenters. The second-order valence-corrected chi connectivity index (χ2v) is 9.35. The van der Waals surface area contributed by atoms with Gasteiger partial charge in [0.25, 0.3) is 5.91 Å². The fraction of sp³-hybridized carbons (Fsp3) is 0.226. The molecule has 1 amide bonds. The molecule has 186 valence electrons. The maximum Gasteiger partial charge on any atom is 0.254 e. The summed E-state index contributed by atoms with van der Waals surface area (Å²) in [5.41, 5.74) is 5.73. The van der Waals surface area contributed by atoms with Crippen LogP contribution in [0.5, 0.6) is 0 Å². The predicted octanol–water partition coefficient (Wildman–Crippen LogP) is 5.21. The van der Waals surface area contributed by atoms with Crippen LogP contribution in [0.2, 0.25) is 0 Å². The van der Waals surface area contributed by atoms with Gasteiger partial charge in [0.1, 0.15) is 0 Å². The van der Waals surface area contributed by atoms with Gasteiger partial charge in [0, 0.05) is 42.9 Å². The average molecular weight is 491 g/mol. The summed E-state index contributed by atoms with van der Waals surface area (Å²) >= 11 is 0. The number of aromatic nitrogens is 2. The summed E-state index contributed by atoms with van der Waals surface area (Å²) < 4.78 is 0. The minimum atomic E-state index is -0.137. The predicted molar refractivity (Wildman–Crippen MR) is 146 cm³/mol. The van der Waals surface area contributed by atoms with E-state index in [0.717, 1.165) is 29.1 Å². The standard InChI is InChI=1S/C31H30N4O2/c1-3-23-10-14-24(15-11-23)28-16-17-29(33-32-28)34-18-20-35(21-19-34)31(37)27-7-5-4-6-26(27)30(36)25-12-8-22(2)9-13-25/h4-17H,3,18-21H2,1-2H3. The van der Waals surface area contributed by atoms with E-state index in [0.29, 0.717) is 42.9 Å². The smallest absolute Gasteiger partial charge is 0.254 e. The first-order chi connectivity index (χ1) is 18.0. The molecule has 0 aliphatic carbocycles. The largest absolute Gasteiger partial charge is 0.352 e. The van der Waals surface area contributed by atoms with Gasteiger partial charge in [0.2, 0.25) is 0 Å². The summed E-state index contributed by atoms with van der Waals surface area (Å²) in [5.74, 6) is 0.547. The summed E-state index contributed by atoms with van der Waals surface area (Å²) in [4.78, 5) is 30.6. The van der Waals surface area contributed by atoms with E-state index in [2.05, 4.69) is 46.3 Å². The molecule has 1 aromatic heterocycles. The average Bonchev–Trinajstić information content (AvgIpc) is 2.97. The molecule has 5 rings (SSSR count). The fourth-order valence-corrected chi connectivity index (χ4v) is 4.60. The molecule has 0 spiro atoms. The maximum atomic E-state index is 13.4. The first kappa shape index (κ1) is 24.4. The van der Waals surface area contributed by atoms with E-state index in [-0.39, 0.29) is 11.7 Å². The third-order valence-electron chi connectivity index (χ3n) is 6.92. The lowest BCUT2D eigenvalue weighted by molar-refractivity contribution is 0.0742. The van der Waals surface area contributed by atoms with Crippen molar-refractivity contribution in [1.82, 2.24) is 15.1 Å². The van der Waals surface area contributed by atoms with Crippen molar-refractivity contribution in [3.05, 3.63) is 113 Å². The Morgan fingerprint density at radius 2 is 1.43 bits per heavy atom. The van der Waals surface area contributed by atoms with Crippen LogP contribution < -0.4 is 4.90 Å². The van der Waals surface area contributed by atoms with E-state index < -0.39 is 0 Å². The molecule has 2 heterocycles. The molecule has 1 aliphatic rings. The zero-order valence-corrected chi connectivity index (χ0v) is 21.2. The highest BCUT2D eigenvalue weighted by Gasteiger charge is 2.26. The van der Waals surface area contributed by atoms with Crippen LogP contribution in [0, 0.1) is 6.92 Å². The minimum absolute atomic E-state index is 0.118. The van der Waals surface area contributed by atoms with Gasteiger partial charge >= 0.3 is 0 Å². The summed E-state index contributed by atoms with van der Waals surface area (Å²) in [6.07, 6.45) is 1.01.